The molecule has 0 radical (unpaired) electrons. The smallest absolute Gasteiger partial charge is 0.319 e. The quantitative estimate of drug-likeness (QED) is 0.873. The van der Waals surface area contributed by atoms with Crippen LogP contribution in [0, 0.1) is 0 Å². The minimum absolute atomic E-state index is 0.203. The Labute approximate surface area is 127 Å². The van der Waals surface area contributed by atoms with E-state index in [1.54, 1.807) is 12.3 Å². The van der Waals surface area contributed by atoms with E-state index < -0.39 is 0 Å². The molecule has 1 saturated carbocycles. The van der Waals surface area contributed by atoms with E-state index in [-0.39, 0.29) is 12.6 Å². The van der Waals surface area contributed by atoms with Crippen molar-refractivity contribution in [3.63, 3.8) is 0 Å². The lowest BCUT2D eigenvalue weighted by Crippen LogP contribution is -2.28. The fourth-order valence-corrected chi connectivity index (χ4v) is 1.90. The summed E-state index contributed by atoms with van der Waals surface area (Å²) in [4.78, 5) is 22.2. The molecule has 116 valence electrons. The van der Waals surface area contributed by atoms with Gasteiger partial charge in [0, 0.05) is 20.0 Å². The fourth-order valence-electron chi connectivity index (χ4n) is 1.90. The van der Waals surface area contributed by atoms with E-state index >= 15 is 0 Å². The first kappa shape index (κ1) is 14.3. The van der Waals surface area contributed by atoms with Crippen LogP contribution in [0.5, 0.6) is 0 Å². The molecular formula is C14H18N6O2. The molecule has 2 amide bonds. The van der Waals surface area contributed by atoms with Gasteiger partial charge in [-0.1, -0.05) is 5.16 Å². The summed E-state index contributed by atoms with van der Waals surface area (Å²) in [5.41, 5.74) is 0.618. The molecule has 0 atom stereocenters. The molecule has 0 bridgehead atoms. The van der Waals surface area contributed by atoms with Gasteiger partial charge < -0.3 is 20.1 Å². The first-order valence-electron chi connectivity index (χ1n) is 7.12. The van der Waals surface area contributed by atoms with Crippen molar-refractivity contribution in [2.75, 3.05) is 24.3 Å². The minimum Gasteiger partial charge on any atom is -0.363 e. The number of pyridine rings is 1. The number of amides is 2. The van der Waals surface area contributed by atoms with Crippen molar-refractivity contribution in [2.45, 2.75) is 25.3 Å². The summed E-state index contributed by atoms with van der Waals surface area (Å²) >= 11 is 0. The molecular weight excluding hydrogens is 284 g/mol. The highest BCUT2D eigenvalue weighted by Crippen LogP contribution is 2.38. The number of rotatable bonds is 5. The molecule has 0 aliphatic heterocycles. The Morgan fingerprint density at radius 2 is 2.23 bits per heavy atom. The topological polar surface area (TPSA) is 96.2 Å². The Morgan fingerprint density at radius 3 is 2.86 bits per heavy atom. The molecule has 1 aliphatic rings. The molecule has 1 fully saturated rings. The molecule has 2 N–H and O–H groups in total. The average molecular weight is 302 g/mol. The Kier molecular flexibility index (Phi) is 3.90. The van der Waals surface area contributed by atoms with Crippen LogP contribution in [-0.2, 0) is 6.54 Å². The predicted octanol–water partition coefficient (Wildman–Crippen LogP) is 1.73. The third kappa shape index (κ3) is 3.51. The van der Waals surface area contributed by atoms with Crippen molar-refractivity contribution in [1.29, 1.82) is 0 Å². The van der Waals surface area contributed by atoms with Gasteiger partial charge in [-0.3, -0.25) is 0 Å². The highest BCUT2D eigenvalue weighted by atomic mass is 16.5. The fraction of sp³-hybridized carbons (Fsp3) is 0.429. The normalized spacial score (nSPS) is 13.7. The predicted molar refractivity (Wildman–Crippen MR) is 80.7 cm³/mol. The summed E-state index contributed by atoms with van der Waals surface area (Å²) < 4.78 is 5.09. The molecule has 1 aliphatic carbocycles. The Bertz CT molecular complexity index is 648. The van der Waals surface area contributed by atoms with Gasteiger partial charge in [-0.25, -0.2) is 9.78 Å². The van der Waals surface area contributed by atoms with Crippen molar-refractivity contribution in [3.05, 3.63) is 30.0 Å². The summed E-state index contributed by atoms with van der Waals surface area (Å²) in [5.74, 6) is 2.41. The second-order valence-corrected chi connectivity index (χ2v) is 5.43. The molecule has 2 heterocycles. The van der Waals surface area contributed by atoms with E-state index in [1.165, 1.54) is 0 Å². The molecule has 0 spiro atoms. The minimum atomic E-state index is -0.342. The summed E-state index contributed by atoms with van der Waals surface area (Å²) in [6, 6.07) is 3.28. The van der Waals surface area contributed by atoms with Crippen LogP contribution in [0.25, 0.3) is 0 Å². The SMILES string of the molecule is CN(C)c1ccc(NC(=O)NCc2nc(C3CC3)no2)cn1. The van der Waals surface area contributed by atoms with E-state index in [0.717, 1.165) is 24.5 Å². The Morgan fingerprint density at radius 1 is 1.41 bits per heavy atom. The molecule has 0 saturated heterocycles. The van der Waals surface area contributed by atoms with Gasteiger partial charge in [0.05, 0.1) is 18.4 Å². The molecule has 2 aromatic rings. The van der Waals surface area contributed by atoms with Crippen molar-refractivity contribution >= 4 is 17.5 Å². The summed E-state index contributed by atoms with van der Waals surface area (Å²) in [7, 11) is 3.81. The first-order chi connectivity index (χ1) is 10.6. The highest BCUT2D eigenvalue weighted by molar-refractivity contribution is 5.89. The maximum absolute atomic E-state index is 11.8. The molecule has 8 heteroatoms. The number of nitrogens with one attached hydrogen (secondary N) is 2. The maximum Gasteiger partial charge on any atom is 0.319 e. The maximum atomic E-state index is 11.8. The average Bonchev–Trinajstić information content (AvgIpc) is 3.25. The van der Waals surface area contributed by atoms with Crippen LogP contribution in [0.1, 0.15) is 30.5 Å². The van der Waals surface area contributed by atoms with Gasteiger partial charge in [0.2, 0.25) is 5.89 Å². The van der Waals surface area contributed by atoms with Crippen LogP contribution in [0.3, 0.4) is 0 Å². The number of aromatic nitrogens is 3. The Balaban J connectivity index is 1.48. The zero-order valence-corrected chi connectivity index (χ0v) is 12.5. The molecule has 3 rings (SSSR count). The van der Waals surface area contributed by atoms with E-state index in [9.17, 15) is 4.79 Å². The molecule has 8 nitrogen and oxygen atoms in total. The number of carbonyl (C=O) groups excluding carboxylic acids is 1. The van der Waals surface area contributed by atoms with Crippen molar-refractivity contribution in [3.8, 4) is 0 Å². The van der Waals surface area contributed by atoms with Crippen molar-refractivity contribution in [1.82, 2.24) is 20.4 Å². The third-order valence-electron chi connectivity index (χ3n) is 3.29. The van der Waals surface area contributed by atoms with Crippen molar-refractivity contribution < 1.29 is 9.32 Å². The van der Waals surface area contributed by atoms with Gasteiger partial charge in [-0.2, -0.15) is 4.98 Å². The van der Waals surface area contributed by atoms with Crippen LogP contribution in [-0.4, -0.2) is 35.3 Å². The molecule has 2 aromatic heterocycles. The van der Waals surface area contributed by atoms with Crippen LogP contribution in [0.15, 0.2) is 22.9 Å². The van der Waals surface area contributed by atoms with E-state index in [2.05, 4.69) is 25.8 Å². The van der Waals surface area contributed by atoms with E-state index in [0.29, 0.717) is 17.5 Å². The van der Waals surface area contributed by atoms with Gasteiger partial charge in [0.1, 0.15) is 5.82 Å². The highest BCUT2D eigenvalue weighted by Gasteiger charge is 2.28. The van der Waals surface area contributed by atoms with Gasteiger partial charge >= 0.3 is 6.03 Å². The second kappa shape index (κ2) is 6.00. The third-order valence-corrected chi connectivity index (χ3v) is 3.29. The number of anilines is 2. The molecule has 0 aromatic carbocycles. The van der Waals surface area contributed by atoms with Crippen LogP contribution >= 0.6 is 0 Å². The lowest BCUT2D eigenvalue weighted by atomic mass is 10.4. The second-order valence-electron chi connectivity index (χ2n) is 5.43. The zero-order chi connectivity index (χ0) is 15.5. The standard InChI is InChI=1S/C14H18N6O2/c1-20(2)11-6-5-10(7-15-11)17-14(21)16-8-12-18-13(19-22-12)9-3-4-9/h5-7,9H,3-4,8H2,1-2H3,(H2,16,17,21). The van der Waals surface area contributed by atoms with E-state index in [1.807, 2.05) is 25.1 Å². The van der Waals surface area contributed by atoms with Gasteiger partial charge in [-0.05, 0) is 25.0 Å². The van der Waals surface area contributed by atoms with Crippen molar-refractivity contribution in [2.24, 2.45) is 0 Å². The lowest BCUT2D eigenvalue weighted by molar-refractivity contribution is 0.249. The number of hydrogen-bond acceptors (Lipinski definition) is 6. The summed E-state index contributed by atoms with van der Waals surface area (Å²) in [5, 5.41) is 9.27. The van der Waals surface area contributed by atoms with Gasteiger partial charge in [0.15, 0.2) is 5.82 Å². The van der Waals surface area contributed by atoms with E-state index in [4.69, 9.17) is 4.52 Å². The number of urea groups is 1. The largest absolute Gasteiger partial charge is 0.363 e. The number of carbonyl (C=O) groups is 1. The Hall–Kier alpha value is -2.64. The summed E-state index contributed by atoms with van der Waals surface area (Å²) in [6.45, 7) is 0.203. The molecule has 22 heavy (non-hydrogen) atoms. The van der Waals surface area contributed by atoms with Gasteiger partial charge in [-0.15, -0.1) is 0 Å². The van der Waals surface area contributed by atoms with Crippen LogP contribution in [0.2, 0.25) is 0 Å². The first-order valence-corrected chi connectivity index (χ1v) is 7.12. The number of hydrogen-bond donors (Lipinski definition) is 2. The zero-order valence-electron chi connectivity index (χ0n) is 12.5. The monoisotopic (exact) mass is 302 g/mol. The lowest BCUT2D eigenvalue weighted by Gasteiger charge is -2.11. The molecule has 0 unspecified atom stereocenters. The number of nitrogens with zero attached hydrogens (tertiary/aromatic N) is 4. The van der Waals surface area contributed by atoms with Crippen LogP contribution < -0.4 is 15.5 Å². The van der Waals surface area contributed by atoms with Crippen LogP contribution in [0.4, 0.5) is 16.3 Å². The summed E-state index contributed by atoms with van der Waals surface area (Å²) in [6.07, 6.45) is 3.83. The van der Waals surface area contributed by atoms with Gasteiger partial charge in [0.25, 0.3) is 0 Å².